The molecule has 0 fully saturated rings. The molecule has 1 aliphatic rings. The molecule has 0 unspecified atom stereocenters. The van der Waals surface area contributed by atoms with Gasteiger partial charge in [0.05, 0.1) is 19.5 Å². The first-order chi connectivity index (χ1) is 10.3. The van der Waals surface area contributed by atoms with Crippen molar-refractivity contribution in [3.8, 4) is 11.5 Å². The number of hydrogen-bond donors (Lipinski definition) is 1. The lowest BCUT2D eigenvalue weighted by atomic mass is 10.1. The molecule has 1 aromatic heterocycles. The highest BCUT2D eigenvalue weighted by atomic mass is 16.5. The fourth-order valence-corrected chi connectivity index (χ4v) is 2.18. The Kier molecular flexibility index (Phi) is 4.09. The van der Waals surface area contributed by atoms with E-state index in [9.17, 15) is 4.79 Å². The highest BCUT2D eigenvalue weighted by Gasteiger charge is 2.11. The van der Waals surface area contributed by atoms with Crippen LogP contribution < -0.4 is 14.8 Å². The van der Waals surface area contributed by atoms with E-state index in [0.29, 0.717) is 25.5 Å². The number of hydrogen-bond acceptors (Lipinski definition) is 4. The van der Waals surface area contributed by atoms with Crippen molar-refractivity contribution in [1.82, 2.24) is 5.32 Å². The molecule has 0 aliphatic carbocycles. The van der Waals surface area contributed by atoms with Gasteiger partial charge in [-0.15, -0.1) is 0 Å². The number of rotatable bonds is 4. The third-order valence-corrected chi connectivity index (χ3v) is 3.26. The number of carbonyl (C=O) groups is 1. The van der Waals surface area contributed by atoms with Crippen LogP contribution >= 0.6 is 0 Å². The molecule has 2 heterocycles. The van der Waals surface area contributed by atoms with Crippen molar-refractivity contribution < 1.29 is 18.7 Å². The standard InChI is InChI=1S/C16H17NO4/c18-16(14-3-1-8-20-14)17-7-6-12-4-5-13-15(11-12)21-10-2-9-19-13/h1,3-5,8,11H,2,6-7,9-10H2,(H,17,18). The maximum Gasteiger partial charge on any atom is 0.286 e. The van der Waals surface area contributed by atoms with E-state index in [4.69, 9.17) is 13.9 Å². The molecule has 0 atom stereocenters. The maximum atomic E-state index is 11.7. The third-order valence-electron chi connectivity index (χ3n) is 3.26. The van der Waals surface area contributed by atoms with E-state index >= 15 is 0 Å². The van der Waals surface area contributed by atoms with E-state index in [0.717, 1.165) is 29.9 Å². The highest BCUT2D eigenvalue weighted by molar-refractivity contribution is 5.91. The molecular formula is C16H17NO4. The zero-order valence-corrected chi connectivity index (χ0v) is 11.6. The summed E-state index contributed by atoms with van der Waals surface area (Å²) in [5.41, 5.74) is 1.10. The number of carbonyl (C=O) groups excluding carboxylic acids is 1. The fourth-order valence-electron chi connectivity index (χ4n) is 2.18. The van der Waals surface area contributed by atoms with Crippen molar-refractivity contribution in [3.05, 3.63) is 47.9 Å². The molecule has 1 amide bonds. The lowest BCUT2D eigenvalue weighted by molar-refractivity contribution is 0.0926. The summed E-state index contributed by atoms with van der Waals surface area (Å²) in [4.78, 5) is 11.7. The van der Waals surface area contributed by atoms with Crippen molar-refractivity contribution >= 4 is 5.91 Å². The third kappa shape index (κ3) is 3.37. The van der Waals surface area contributed by atoms with Gasteiger partial charge < -0.3 is 19.2 Å². The van der Waals surface area contributed by atoms with Gasteiger partial charge in [0.2, 0.25) is 0 Å². The molecule has 2 aromatic rings. The van der Waals surface area contributed by atoms with Crippen molar-refractivity contribution in [2.45, 2.75) is 12.8 Å². The second-order valence-electron chi connectivity index (χ2n) is 4.81. The second kappa shape index (κ2) is 6.35. The van der Waals surface area contributed by atoms with Crippen LogP contribution in [0, 0.1) is 0 Å². The first-order valence-corrected chi connectivity index (χ1v) is 7.03. The molecule has 1 aromatic carbocycles. The monoisotopic (exact) mass is 287 g/mol. The minimum atomic E-state index is -0.200. The van der Waals surface area contributed by atoms with Crippen LogP contribution in [0.15, 0.2) is 41.0 Å². The van der Waals surface area contributed by atoms with E-state index in [-0.39, 0.29) is 5.91 Å². The normalized spacial score (nSPS) is 13.5. The van der Waals surface area contributed by atoms with Crippen LogP contribution in [-0.4, -0.2) is 25.7 Å². The van der Waals surface area contributed by atoms with Gasteiger partial charge in [-0.1, -0.05) is 6.07 Å². The van der Waals surface area contributed by atoms with Gasteiger partial charge in [-0.25, -0.2) is 0 Å². The summed E-state index contributed by atoms with van der Waals surface area (Å²) in [6.07, 6.45) is 3.10. The van der Waals surface area contributed by atoms with Gasteiger partial charge >= 0.3 is 0 Å². The summed E-state index contributed by atoms with van der Waals surface area (Å²) in [7, 11) is 0. The largest absolute Gasteiger partial charge is 0.490 e. The molecule has 5 nitrogen and oxygen atoms in total. The Morgan fingerprint density at radius 2 is 2.00 bits per heavy atom. The Labute approximate surface area is 122 Å². The predicted octanol–water partition coefficient (Wildman–Crippen LogP) is 2.41. The van der Waals surface area contributed by atoms with Gasteiger partial charge in [-0.05, 0) is 36.2 Å². The first kappa shape index (κ1) is 13.5. The van der Waals surface area contributed by atoms with Crippen molar-refractivity contribution in [2.75, 3.05) is 19.8 Å². The molecule has 3 rings (SSSR count). The first-order valence-electron chi connectivity index (χ1n) is 7.03. The Bertz CT molecular complexity index is 607. The van der Waals surface area contributed by atoms with Crippen LogP contribution in [0.2, 0.25) is 0 Å². The van der Waals surface area contributed by atoms with E-state index in [1.54, 1.807) is 12.1 Å². The number of ether oxygens (including phenoxy) is 2. The van der Waals surface area contributed by atoms with Gasteiger partial charge in [-0.2, -0.15) is 0 Å². The Balaban J connectivity index is 1.56. The molecule has 0 bridgehead atoms. The molecular weight excluding hydrogens is 270 g/mol. The average molecular weight is 287 g/mol. The second-order valence-corrected chi connectivity index (χ2v) is 4.81. The lowest BCUT2D eigenvalue weighted by Gasteiger charge is -2.09. The molecule has 1 aliphatic heterocycles. The Hall–Kier alpha value is -2.43. The van der Waals surface area contributed by atoms with Gasteiger partial charge in [0.15, 0.2) is 17.3 Å². The van der Waals surface area contributed by atoms with Crippen LogP contribution in [0.3, 0.4) is 0 Å². The van der Waals surface area contributed by atoms with Crippen molar-refractivity contribution in [2.24, 2.45) is 0 Å². The molecule has 0 spiro atoms. The minimum Gasteiger partial charge on any atom is -0.490 e. The molecule has 110 valence electrons. The van der Waals surface area contributed by atoms with E-state index < -0.39 is 0 Å². The zero-order chi connectivity index (χ0) is 14.5. The summed E-state index contributed by atoms with van der Waals surface area (Å²) in [6.45, 7) is 1.90. The van der Waals surface area contributed by atoms with Crippen molar-refractivity contribution in [3.63, 3.8) is 0 Å². The summed E-state index contributed by atoms with van der Waals surface area (Å²) in [6, 6.07) is 9.22. The fraction of sp³-hybridized carbons (Fsp3) is 0.312. The van der Waals surface area contributed by atoms with Crippen LogP contribution in [0.5, 0.6) is 11.5 Å². The Morgan fingerprint density at radius 3 is 2.81 bits per heavy atom. The summed E-state index contributed by atoms with van der Waals surface area (Å²) < 4.78 is 16.3. The van der Waals surface area contributed by atoms with Crippen LogP contribution in [0.4, 0.5) is 0 Å². The van der Waals surface area contributed by atoms with Crippen molar-refractivity contribution in [1.29, 1.82) is 0 Å². The average Bonchev–Trinajstić information content (AvgIpc) is 2.93. The summed E-state index contributed by atoms with van der Waals surface area (Å²) in [5.74, 6) is 1.70. The van der Waals surface area contributed by atoms with Gasteiger partial charge in [0, 0.05) is 13.0 Å². The maximum absolute atomic E-state index is 11.7. The van der Waals surface area contributed by atoms with E-state index in [1.165, 1.54) is 6.26 Å². The van der Waals surface area contributed by atoms with E-state index in [1.807, 2.05) is 18.2 Å². The van der Waals surface area contributed by atoms with Gasteiger partial charge in [-0.3, -0.25) is 4.79 Å². The number of benzene rings is 1. The smallest absolute Gasteiger partial charge is 0.286 e. The van der Waals surface area contributed by atoms with Gasteiger partial charge in [0.25, 0.3) is 5.91 Å². The minimum absolute atomic E-state index is 0.200. The number of fused-ring (bicyclic) bond motifs is 1. The Morgan fingerprint density at radius 1 is 1.14 bits per heavy atom. The van der Waals surface area contributed by atoms with E-state index in [2.05, 4.69) is 5.32 Å². The highest BCUT2D eigenvalue weighted by Crippen LogP contribution is 2.30. The lowest BCUT2D eigenvalue weighted by Crippen LogP contribution is -2.25. The molecule has 5 heteroatoms. The summed E-state index contributed by atoms with van der Waals surface area (Å²) >= 11 is 0. The molecule has 1 N–H and O–H groups in total. The molecule has 21 heavy (non-hydrogen) atoms. The zero-order valence-electron chi connectivity index (χ0n) is 11.6. The molecule has 0 saturated carbocycles. The predicted molar refractivity (Wildman–Crippen MR) is 76.8 cm³/mol. The topological polar surface area (TPSA) is 60.7 Å². The van der Waals surface area contributed by atoms with Crippen LogP contribution in [-0.2, 0) is 6.42 Å². The number of furan rings is 1. The van der Waals surface area contributed by atoms with Crippen LogP contribution in [0.25, 0.3) is 0 Å². The SMILES string of the molecule is O=C(NCCc1ccc2c(c1)OCCCO2)c1ccco1. The molecule has 0 radical (unpaired) electrons. The summed E-state index contributed by atoms with van der Waals surface area (Å²) in [5, 5.41) is 2.82. The molecule has 0 saturated heterocycles. The number of nitrogens with one attached hydrogen (secondary N) is 1. The van der Waals surface area contributed by atoms with Gasteiger partial charge in [0.1, 0.15) is 0 Å². The quantitative estimate of drug-likeness (QED) is 0.938. The van der Waals surface area contributed by atoms with Crippen LogP contribution in [0.1, 0.15) is 22.5 Å². The number of amides is 1.